The van der Waals surface area contributed by atoms with Crippen LogP contribution in [-0.2, 0) is 9.53 Å². The lowest BCUT2D eigenvalue weighted by molar-refractivity contribution is -0.132. The summed E-state index contributed by atoms with van der Waals surface area (Å²) in [4.78, 5) is 13.9. The molecular weight excluding hydrogens is 324 g/mol. The van der Waals surface area contributed by atoms with Crippen molar-refractivity contribution in [2.75, 3.05) is 12.5 Å². The number of thioether (sulfide) groups is 2. The highest BCUT2D eigenvalue weighted by Gasteiger charge is 2.18. The normalized spacial score (nSPS) is 13.3. The van der Waals surface area contributed by atoms with Crippen molar-refractivity contribution in [3.63, 3.8) is 0 Å². The Morgan fingerprint density at radius 2 is 1.26 bits per heavy atom. The molecule has 0 aliphatic carbocycles. The van der Waals surface area contributed by atoms with Crippen molar-refractivity contribution >= 4 is 35.1 Å². The summed E-state index contributed by atoms with van der Waals surface area (Å²) in [5.41, 5.74) is 3.01. The van der Waals surface area contributed by atoms with Gasteiger partial charge in [0, 0.05) is 21.4 Å². The van der Waals surface area contributed by atoms with Crippen molar-refractivity contribution in [3.05, 3.63) is 77.6 Å². The fourth-order valence-electron chi connectivity index (χ4n) is 2.42. The van der Waals surface area contributed by atoms with E-state index in [2.05, 4.69) is 61.0 Å². The number of allylic oxidation sites excluding steroid dienone is 1. The van der Waals surface area contributed by atoms with Gasteiger partial charge in [0.2, 0.25) is 0 Å². The van der Waals surface area contributed by atoms with E-state index in [1.807, 2.05) is 0 Å². The fraction of sp³-hybridized carbons (Fsp3) is 0.105. The van der Waals surface area contributed by atoms with Gasteiger partial charge in [-0.2, -0.15) is 0 Å². The predicted octanol–water partition coefficient (Wildman–Crippen LogP) is 5.00. The molecule has 0 atom stereocenters. The SMILES string of the molecule is CSc1ccc(C(=C2C=CC(=O)O2)c2ccc(SC)cc2)cc1. The van der Waals surface area contributed by atoms with Crippen LogP contribution in [0.4, 0.5) is 0 Å². The standard InChI is InChI=1S/C19H16O2S2/c1-22-15-7-3-13(4-8-15)19(17-11-12-18(20)21-17)14-5-9-16(23-2)10-6-14/h3-12H,1-2H3. The van der Waals surface area contributed by atoms with Gasteiger partial charge in [-0.05, 0) is 54.0 Å². The van der Waals surface area contributed by atoms with Gasteiger partial charge in [0.05, 0.1) is 0 Å². The quantitative estimate of drug-likeness (QED) is 0.578. The van der Waals surface area contributed by atoms with Gasteiger partial charge < -0.3 is 4.74 Å². The molecule has 0 radical (unpaired) electrons. The van der Waals surface area contributed by atoms with Crippen LogP contribution < -0.4 is 0 Å². The second kappa shape index (κ2) is 7.11. The van der Waals surface area contributed by atoms with Gasteiger partial charge in [0.15, 0.2) is 0 Å². The van der Waals surface area contributed by atoms with Gasteiger partial charge in [-0.1, -0.05) is 24.3 Å². The van der Waals surface area contributed by atoms with Crippen molar-refractivity contribution in [1.82, 2.24) is 0 Å². The summed E-state index contributed by atoms with van der Waals surface area (Å²) in [5, 5.41) is 0. The van der Waals surface area contributed by atoms with Crippen LogP contribution >= 0.6 is 23.5 Å². The summed E-state index contributed by atoms with van der Waals surface area (Å²) in [7, 11) is 0. The Hall–Kier alpha value is -1.91. The predicted molar refractivity (Wildman–Crippen MR) is 97.7 cm³/mol. The molecule has 1 aliphatic heterocycles. The molecule has 1 aliphatic rings. The Morgan fingerprint density at radius 3 is 1.61 bits per heavy atom. The second-order valence-electron chi connectivity index (χ2n) is 4.95. The number of hydrogen-bond donors (Lipinski definition) is 0. The van der Waals surface area contributed by atoms with Crippen LogP contribution in [0.3, 0.4) is 0 Å². The fourth-order valence-corrected chi connectivity index (χ4v) is 3.24. The summed E-state index contributed by atoms with van der Waals surface area (Å²) in [6.45, 7) is 0. The number of cyclic esters (lactones) is 1. The summed E-state index contributed by atoms with van der Waals surface area (Å²) < 4.78 is 5.36. The average molecular weight is 340 g/mol. The molecule has 1 heterocycles. The van der Waals surface area contributed by atoms with Crippen LogP contribution in [0.5, 0.6) is 0 Å². The van der Waals surface area contributed by atoms with E-state index in [1.165, 1.54) is 15.9 Å². The highest BCUT2D eigenvalue weighted by Crippen LogP contribution is 2.32. The number of carbonyl (C=O) groups is 1. The van der Waals surface area contributed by atoms with Crippen LogP contribution in [-0.4, -0.2) is 18.5 Å². The number of ether oxygens (including phenoxy) is 1. The third-order valence-corrected chi connectivity index (χ3v) is 5.07. The van der Waals surface area contributed by atoms with Gasteiger partial charge in [0.1, 0.15) is 5.76 Å². The van der Waals surface area contributed by atoms with Crippen LogP contribution in [0.1, 0.15) is 11.1 Å². The molecule has 2 aromatic rings. The Bertz CT molecular complexity index is 723. The molecule has 0 saturated heterocycles. The topological polar surface area (TPSA) is 26.3 Å². The van der Waals surface area contributed by atoms with E-state index in [1.54, 1.807) is 29.6 Å². The van der Waals surface area contributed by atoms with Gasteiger partial charge in [-0.15, -0.1) is 23.5 Å². The molecule has 0 unspecified atom stereocenters. The molecule has 2 aromatic carbocycles. The first kappa shape index (κ1) is 16.0. The van der Waals surface area contributed by atoms with E-state index in [-0.39, 0.29) is 5.97 Å². The van der Waals surface area contributed by atoms with E-state index in [4.69, 9.17) is 4.74 Å². The maximum absolute atomic E-state index is 11.5. The minimum atomic E-state index is -0.320. The third kappa shape index (κ3) is 3.54. The van der Waals surface area contributed by atoms with Crippen LogP contribution in [0.25, 0.3) is 5.57 Å². The maximum Gasteiger partial charge on any atom is 0.336 e. The maximum atomic E-state index is 11.5. The van der Waals surface area contributed by atoms with Crippen LogP contribution in [0, 0.1) is 0 Å². The van der Waals surface area contributed by atoms with Gasteiger partial charge in [0.25, 0.3) is 0 Å². The molecule has 2 nitrogen and oxygen atoms in total. The van der Waals surface area contributed by atoms with Gasteiger partial charge >= 0.3 is 5.97 Å². The van der Waals surface area contributed by atoms with E-state index in [0.29, 0.717) is 5.76 Å². The number of esters is 1. The molecule has 4 heteroatoms. The van der Waals surface area contributed by atoms with E-state index >= 15 is 0 Å². The lowest BCUT2D eigenvalue weighted by Crippen LogP contribution is -1.97. The zero-order valence-corrected chi connectivity index (χ0v) is 14.5. The lowest BCUT2D eigenvalue weighted by Gasteiger charge is -2.12. The summed E-state index contributed by atoms with van der Waals surface area (Å²) in [6, 6.07) is 16.6. The zero-order chi connectivity index (χ0) is 16.2. The average Bonchev–Trinajstić information content (AvgIpc) is 3.02. The lowest BCUT2D eigenvalue weighted by atomic mass is 9.96. The smallest absolute Gasteiger partial charge is 0.336 e. The number of hydrogen-bond acceptors (Lipinski definition) is 4. The monoisotopic (exact) mass is 340 g/mol. The highest BCUT2D eigenvalue weighted by atomic mass is 32.2. The minimum Gasteiger partial charge on any atom is -0.423 e. The van der Waals surface area contributed by atoms with E-state index in [9.17, 15) is 4.79 Å². The van der Waals surface area contributed by atoms with Crippen LogP contribution in [0.2, 0.25) is 0 Å². The first-order chi connectivity index (χ1) is 11.2. The van der Waals surface area contributed by atoms with Crippen molar-refractivity contribution in [2.45, 2.75) is 9.79 Å². The highest BCUT2D eigenvalue weighted by molar-refractivity contribution is 7.98. The summed E-state index contributed by atoms with van der Waals surface area (Å²) in [5.74, 6) is 0.280. The number of carbonyl (C=O) groups excluding carboxylic acids is 1. The van der Waals surface area contributed by atoms with Crippen LogP contribution in [0.15, 0.2) is 76.2 Å². The molecule has 23 heavy (non-hydrogen) atoms. The zero-order valence-electron chi connectivity index (χ0n) is 12.9. The molecule has 0 fully saturated rings. The number of benzene rings is 2. The molecule has 0 aromatic heterocycles. The van der Waals surface area contributed by atoms with E-state index < -0.39 is 0 Å². The largest absolute Gasteiger partial charge is 0.423 e. The molecule has 0 bridgehead atoms. The molecule has 0 N–H and O–H groups in total. The molecule has 116 valence electrons. The first-order valence-corrected chi connectivity index (χ1v) is 9.59. The summed E-state index contributed by atoms with van der Waals surface area (Å²) in [6.07, 6.45) is 7.30. The van der Waals surface area contributed by atoms with Gasteiger partial charge in [-0.25, -0.2) is 4.79 Å². The van der Waals surface area contributed by atoms with Crippen molar-refractivity contribution in [3.8, 4) is 0 Å². The molecular formula is C19H16O2S2. The Morgan fingerprint density at radius 1 is 0.783 bits per heavy atom. The second-order valence-corrected chi connectivity index (χ2v) is 6.71. The molecule has 3 rings (SSSR count). The summed E-state index contributed by atoms with van der Waals surface area (Å²) >= 11 is 3.41. The number of rotatable bonds is 4. The van der Waals surface area contributed by atoms with Crippen molar-refractivity contribution in [1.29, 1.82) is 0 Å². The molecule has 0 amide bonds. The Kier molecular flexibility index (Phi) is 4.94. The Balaban J connectivity index is 2.10. The van der Waals surface area contributed by atoms with Crippen molar-refractivity contribution < 1.29 is 9.53 Å². The minimum absolute atomic E-state index is 0.320. The first-order valence-electron chi connectivity index (χ1n) is 7.14. The van der Waals surface area contributed by atoms with Gasteiger partial charge in [-0.3, -0.25) is 0 Å². The van der Waals surface area contributed by atoms with Crippen molar-refractivity contribution in [2.24, 2.45) is 0 Å². The van der Waals surface area contributed by atoms with E-state index in [0.717, 1.165) is 16.7 Å². The molecule has 0 saturated carbocycles. The third-order valence-electron chi connectivity index (χ3n) is 3.59. The molecule has 0 spiro atoms. The Labute approximate surface area is 144 Å².